The average Bonchev–Trinajstić information content (AvgIpc) is 3.26. The van der Waals surface area contributed by atoms with Gasteiger partial charge in [0.2, 0.25) is 0 Å². The smallest absolute Gasteiger partial charge is 0.361 e. The Kier molecular flexibility index (Phi) is 8.58. The summed E-state index contributed by atoms with van der Waals surface area (Å²) in [5.41, 5.74) is 1.26. The lowest BCUT2D eigenvalue weighted by atomic mass is 10.1. The molecule has 158 valence electrons. The largest absolute Gasteiger partial charge is 0.434 e. The molecule has 3 N–H and O–H groups in total. The van der Waals surface area contributed by atoms with E-state index in [1.807, 2.05) is 31.3 Å². The fraction of sp³-hybridized carbons (Fsp3) is 0.333. The van der Waals surface area contributed by atoms with Crippen LogP contribution in [0.4, 0.5) is 13.2 Å². The molecule has 0 bridgehead atoms. The molecule has 1 aromatic carbocycles. The van der Waals surface area contributed by atoms with Crippen LogP contribution in [0.5, 0.6) is 0 Å². The zero-order chi connectivity index (χ0) is 20.1. The van der Waals surface area contributed by atoms with Crippen LogP contribution < -0.4 is 10.6 Å². The molecule has 0 fully saturated rings. The molecule has 0 aliphatic heterocycles. The van der Waals surface area contributed by atoms with Crippen molar-refractivity contribution in [3.8, 4) is 0 Å². The van der Waals surface area contributed by atoms with Crippen LogP contribution in [-0.2, 0) is 19.1 Å². The summed E-state index contributed by atoms with van der Waals surface area (Å²) in [5.74, 6) is 0.532. The van der Waals surface area contributed by atoms with Crippen molar-refractivity contribution in [1.82, 2.24) is 20.6 Å². The average molecular weight is 558 g/mol. The van der Waals surface area contributed by atoms with Crippen molar-refractivity contribution in [1.29, 1.82) is 0 Å². The molecule has 2 aromatic heterocycles. The van der Waals surface area contributed by atoms with Gasteiger partial charge in [-0.15, -0.1) is 35.3 Å². The minimum atomic E-state index is -4.43. The molecule has 0 saturated heterocycles. The number of benzene rings is 1. The molecular formula is C18H20ClF3IN5S. The van der Waals surface area contributed by atoms with Gasteiger partial charge in [0.05, 0.1) is 6.54 Å². The second-order valence-corrected chi connectivity index (χ2v) is 7.38. The Balaban J connectivity index is 0.00000300. The van der Waals surface area contributed by atoms with Gasteiger partial charge in [-0.2, -0.15) is 13.2 Å². The van der Waals surface area contributed by atoms with E-state index in [-0.39, 0.29) is 30.5 Å². The van der Waals surface area contributed by atoms with Crippen molar-refractivity contribution in [3.05, 3.63) is 51.1 Å². The molecular weight excluding hydrogens is 538 g/mol. The lowest BCUT2D eigenvalue weighted by molar-refractivity contribution is -0.140. The topological polar surface area (TPSA) is 65.1 Å². The molecule has 0 amide bonds. The van der Waals surface area contributed by atoms with Crippen molar-refractivity contribution in [3.63, 3.8) is 0 Å². The summed E-state index contributed by atoms with van der Waals surface area (Å²) in [6.07, 6.45) is -1.75. The molecule has 3 aromatic rings. The second-order valence-electron chi connectivity index (χ2n) is 6.00. The van der Waals surface area contributed by atoms with Crippen LogP contribution in [0.3, 0.4) is 0 Å². The lowest BCUT2D eigenvalue weighted by Crippen LogP contribution is -2.38. The number of aromatic nitrogens is 2. The van der Waals surface area contributed by atoms with E-state index >= 15 is 0 Å². The van der Waals surface area contributed by atoms with Crippen molar-refractivity contribution >= 4 is 63.8 Å². The van der Waals surface area contributed by atoms with Crippen LogP contribution >= 0.6 is 46.9 Å². The van der Waals surface area contributed by atoms with Gasteiger partial charge >= 0.3 is 6.18 Å². The van der Waals surface area contributed by atoms with Gasteiger partial charge in [0.1, 0.15) is 5.01 Å². The third-order valence-corrected chi connectivity index (χ3v) is 5.04. The molecule has 5 nitrogen and oxygen atoms in total. The SMILES string of the molecule is CCNC(=NCc1nc(C(F)(F)F)cs1)NCCc1c[nH]c2ccc(Cl)cc12.I. The van der Waals surface area contributed by atoms with E-state index in [0.29, 0.717) is 29.1 Å². The van der Waals surface area contributed by atoms with Gasteiger partial charge in [-0.1, -0.05) is 11.6 Å². The van der Waals surface area contributed by atoms with Gasteiger partial charge in [0, 0.05) is 40.6 Å². The number of hydrogen-bond acceptors (Lipinski definition) is 3. The van der Waals surface area contributed by atoms with Crippen molar-refractivity contribution < 1.29 is 13.2 Å². The summed E-state index contributed by atoms with van der Waals surface area (Å²) in [7, 11) is 0. The first-order chi connectivity index (χ1) is 13.4. The predicted molar refractivity (Wildman–Crippen MR) is 122 cm³/mol. The quantitative estimate of drug-likeness (QED) is 0.221. The van der Waals surface area contributed by atoms with Gasteiger partial charge in [-0.25, -0.2) is 9.98 Å². The molecule has 0 unspecified atom stereocenters. The van der Waals surface area contributed by atoms with Crippen molar-refractivity contribution in [2.24, 2.45) is 4.99 Å². The highest BCUT2D eigenvalue weighted by Gasteiger charge is 2.33. The van der Waals surface area contributed by atoms with Crippen LogP contribution in [0.1, 0.15) is 23.2 Å². The zero-order valence-corrected chi connectivity index (χ0v) is 19.3. The molecule has 0 radical (unpaired) electrons. The number of aliphatic imine (C=N–C) groups is 1. The Hall–Kier alpha value is -1.53. The van der Waals surface area contributed by atoms with Gasteiger partial charge < -0.3 is 15.6 Å². The second kappa shape index (κ2) is 10.5. The summed E-state index contributed by atoms with van der Waals surface area (Å²) < 4.78 is 37.9. The maximum absolute atomic E-state index is 12.6. The van der Waals surface area contributed by atoms with Gasteiger partial charge in [-0.3, -0.25) is 0 Å². The molecule has 11 heteroatoms. The highest BCUT2D eigenvalue weighted by Crippen LogP contribution is 2.30. The van der Waals surface area contributed by atoms with Crippen LogP contribution in [0.15, 0.2) is 34.8 Å². The number of hydrogen-bond donors (Lipinski definition) is 3. The van der Waals surface area contributed by atoms with Crippen LogP contribution in [0.25, 0.3) is 10.9 Å². The van der Waals surface area contributed by atoms with Crippen LogP contribution in [0, 0.1) is 0 Å². The highest BCUT2D eigenvalue weighted by atomic mass is 127. The summed E-state index contributed by atoms with van der Waals surface area (Å²) in [4.78, 5) is 11.1. The Bertz CT molecular complexity index is 970. The van der Waals surface area contributed by atoms with E-state index in [4.69, 9.17) is 11.6 Å². The first-order valence-electron chi connectivity index (χ1n) is 8.66. The third kappa shape index (κ3) is 6.48. The first kappa shape index (κ1) is 23.7. The summed E-state index contributed by atoms with van der Waals surface area (Å²) >= 11 is 7.02. The highest BCUT2D eigenvalue weighted by molar-refractivity contribution is 14.0. The van der Waals surface area contributed by atoms with Crippen molar-refractivity contribution in [2.45, 2.75) is 26.1 Å². The van der Waals surface area contributed by atoms with Crippen LogP contribution in [0.2, 0.25) is 5.02 Å². The summed E-state index contributed by atoms with van der Waals surface area (Å²) in [6, 6.07) is 5.69. The number of halogens is 5. The van der Waals surface area contributed by atoms with Gasteiger partial charge in [0.15, 0.2) is 11.7 Å². The summed E-state index contributed by atoms with van der Waals surface area (Å²) in [5, 5.41) is 9.34. The number of guanidine groups is 1. The van der Waals surface area contributed by atoms with Crippen LogP contribution in [-0.4, -0.2) is 29.0 Å². The van der Waals surface area contributed by atoms with E-state index in [0.717, 1.165) is 39.6 Å². The number of rotatable bonds is 6. The number of fused-ring (bicyclic) bond motifs is 1. The molecule has 0 atom stereocenters. The molecule has 3 rings (SSSR count). The maximum atomic E-state index is 12.6. The standard InChI is InChI=1S/C18H19ClF3N5S.HI/c1-2-23-17(26-9-16-27-15(10-28-16)18(20,21)22)24-6-5-11-8-25-14-4-3-12(19)7-13(11)14;/h3-4,7-8,10,25H,2,5-6,9H2,1H3,(H2,23,24,26);1H. The first-order valence-corrected chi connectivity index (χ1v) is 9.92. The van der Waals surface area contributed by atoms with E-state index in [2.05, 4.69) is 25.6 Å². The molecule has 29 heavy (non-hydrogen) atoms. The number of alkyl halides is 3. The molecule has 0 spiro atoms. The van der Waals surface area contributed by atoms with E-state index in [9.17, 15) is 13.2 Å². The Morgan fingerprint density at radius 2 is 2.10 bits per heavy atom. The molecule has 0 aliphatic carbocycles. The van der Waals surface area contributed by atoms with Gasteiger partial charge in [0.25, 0.3) is 0 Å². The number of H-pyrrole nitrogens is 1. The fourth-order valence-corrected chi connectivity index (χ4v) is 3.57. The fourth-order valence-electron chi connectivity index (χ4n) is 2.68. The predicted octanol–water partition coefficient (Wildman–Crippen LogP) is 5.21. The van der Waals surface area contributed by atoms with E-state index < -0.39 is 11.9 Å². The maximum Gasteiger partial charge on any atom is 0.434 e. The Labute approximate surface area is 192 Å². The van der Waals surface area contributed by atoms with E-state index in [1.165, 1.54) is 0 Å². The van der Waals surface area contributed by atoms with Crippen molar-refractivity contribution in [2.75, 3.05) is 13.1 Å². The summed E-state index contributed by atoms with van der Waals surface area (Å²) in [6.45, 7) is 3.25. The number of nitrogens with one attached hydrogen (secondary N) is 3. The number of nitrogens with zero attached hydrogens (tertiary/aromatic N) is 2. The molecule has 0 saturated carbocycles. The minimum Gasteiger partial charge on any atom is -0.361 e. The lowest BCUT2D eigenvalue weighted by Gasteiger charge is -2.10. The monoisotopic (exact) mass is 557 g/mol. The zero-order valence-electron chi connectivity index (χ0n) is 15.4. The minimum absolute atomic E-state index is 0. The Morgan fingerprint density at radius 3 is 2.79 bits per heavy atom. The third-order valence-electron chi connectivity index (χ3n) is 3.98. The molecule has 2 heterocycles. The Morgan fingerprint density at radius 1 is 1.31 bits per heavy atom. The number of aromatic amines is 1. The molecule has 0 aliphatic rings. The normalized spacial score (nSPS) is 12.1. The van der Waals surface area contributed by atoms with Gasteiger partial charge in [-0.05, 0) is 37.1 Å². The number of thiazole rings is 1. The van der Waals surface area contributed by atoms with E-state index in [1.54, 1.807) is 0 Å².